The monoisotopic (exact) mass is 284 g/mol. The van der Waals surface area contributed by atoms with Crippen LogP contribution in [0.15, 0.2) is 30.7 Å². The van der Waals surface area contributed by atoms with Crippen molar-refractivity contribution in [3.8, 4) is 0 Å². The van der Waals surface area contributed by atoms with Gasteiger partial charge in [0.15, 0.2) is 0 Å². The lowest BCUT2D eigenvalue weighted by Gasteiger charge is -2.24. The second kappa shape index (κ2) is 6.39. The Labute approximate surface area is 126 Å². The van der Waals surface area contributed by atoms with E-state index in [1.807, 2.05) is 24.1 Å². The van der Waals surface area contributed by atoms with Gasteiger partial charge in [0, 0.05) is 43.3 Å². The molecular weight excluding hydrogens is 260 g/mol. The molecule has 1 aliphatic heterocycles. The van der Waals surface area contributed by atoms with Crippen molar-refractivity contribution < 1.29 is 0 Å². The number of aromatic nitrogens is 3. The van der Waals surface area contributed by atoms with Gasteiger partial charge in [0.25, 0.3) is 0 Å². The Morgan fingerprint density at radius 2 is 2.24 bits per heavy atom. The fourth-order valence-corrected chi connectivity index (χ4v) is 3.31. The highest BCUT2D eigenvalue weighted by molar-refractivity contribution is 5.15. The maximum atomic E-state index is 4.27. The number of likely N-dealkylation sites (tertiary alicyclic amines) is 1. The van der Waals surface area contributed by atoms with E-state index in [1.165, 1.54) is 36.9 Å². The van der Waals surface area contributed by atoms with Crippen molar-refractivity contribution in [2.45, 2.75) is 45.2 Å². The van der Waals surface area contributed by atoms with Crippen LogP contribution in [0.3, 0.4) is 0 Å². The van der Waals surface area contributed by atoms with Gasteiger partial charge in [-0.2, -0.15) is 5.10 Å². The Bertz CT molecular complexity index is 590. The minimum absolute atomic E-state index is 0.707. The van der Waals surface area contributed by atoms with Crippen LogP contribution < -0.4 is 0 Å². The maximum absolute atomic E-state index is 4.27. The van der Waals surface area contributed by atoms with Crippen molar-refractivity contribution in [1.82, 2.24) is 19.7 Å². The fraction of sp³-hybridized carbons (Fsp3) is 0.529. The third kappa shape index (κ3) is 3.70. The molecule has 1 aliphatic rings. The predicted octanol–water partition coefficient (Wildman–Crippen LogP) is 2.72. The molecule has 112 valence electrons. The van der Waals surface area contributed by atoms with Crippen LogP contribution in [0, 0.1) is 6.92 Å². The molecule has 0 unspecified atom stereocenters. The molecule has 0 saturated carbocycles. The van der Waals surface area contributed by atoms with E-state index in [2.05, 4.69) is 40.2 Å². The van der Waals surface area contributed by atoms with Crippen molar-refractivity contribution in [3.63, 3.8) is 0 Å². The minimum Gasteiger partial charge on any atom is -0.296 e. The second-order valence-corrected chi connectivity index (χ2v) is 6.13. The van der Waals surface area contributed by atoms with E-state index in [4.69, 9.17) is 0 Å². The van der Waals surface area contributed by atoms with Gasteiger partial charge in [0.2, 0.25) is 0 Å². The Morgan fingerprint density at radius 3 is 3.00 bits per heavy atom. The summed E-state index contributed by atoms with van der Waals surface area (Å²) in [5.41, 5.74) is 3.85. The summed E-state index contributed by atoms with van der Waals surface area (Å²) < 4.78 is 1.89. The molecule has 3 rings (SSSR count). The quantitative estimate of drug-likeness (QED) is 0.846. The summed E-state index contributed by atoms with van der Waals surface area (Å²) >= 11 is 0. The summed E-state index contributed by atoms with van der Waals surface area (Å²) in [4.78, 5) is 6.89. The number of hydrogen-bond acceptors (Lipinski definition) is 3. The molecule has 0 spiro atoms. The molecule has 0 aromatic carbocycles. The predicted molar refractivity (Wildman–Crippen MR) is 83.9 cm³/mol. The summed E-state index contributed by atoms with van der Waals surface area (Å²) in [6, 6.07) is 5.06. The molecule has 1 atom stereocenters. The van der Waals surface area contributed by atoms with Gasteiger partial charge in [-0.05, 0) is 56.8 Å². The van der Waals surface area contributed by atoms with Crippen molar-refractivity contribution >= 4 is 0 Å². The van der Waals surface area contributed by atoms with Crippen LogP contribution in [0.1, 0.15) is 36.1 Å². The zero-order chi connectivity index (χ0) is 14.7. The second-order valence-electron chi connectivity index (χ2n) is 6.13. The summed E-state index contributed by atoms with van der Waals surface area (Å²) in [7, 11) is 1.98. The summed E-state index contributed by atoms with van der Waals surface area (Å²) in [5, 5.41) is 4.27. The summed E-state index contributed by atoms with van der Waals surface area (Å²) in [5.74, 6) is 0. The molecule has 0 amide bonds. The van der Waals surface area contributed by atoms with Crippen LogP contribution in [0.2, 0.25) is 0 Å². The van der Waals surface area contributed by atoms with Gasteiger partial charge >= 0.3 is 0 Å². The van der Waals surface area contributed by atoms with Gasteiger partial charge in [0.1, 0.15) is 0 Å². The Kier molecular flexibility index (Phi) is 4.34. The van der Waals surface area contributed by atoms with Gasteiger partial charge < -0.3 is 0 Å². The van der Waals surface area contributed by atoms with Gasteiger partial charge in [-0.3, -0.25) is 14.6 Å². The Morgan fingerprint density at radius 1 is 1.33 bits per heavy atom. The summed E-state index contributed by atoms with van der Waals surface area (Å²) in [6.45, 7) is 4.32. The van der Waals surface area contributed by atoms with Crippen LogP contribution in [-0.2, 0) is 20.0 Å². The standard InChI is InChI=1S/C17H24N4/c1-14-10-15(7-8-18-14)5-6-17-4-3-9-21(17)13-16-11-19-20(2)12-16/h7-8,10-12,17H,3-6,9,13H2,1-2H3/t17-/m0/s1. The molecule has 21 heavy (non-hydrogen) atoms. The molecule has 3 heterocycles. The Hall–Kier alpha value is -1.68. The molecular formula is C17H24N4. The number of nitrogens with zero attached hydrogens (tertiary/aromatic N) is 4. The third-order valence-corrected chi connectivity index (χ3v) is 4.37. The number of aryl methyl sites for hydroxylation is 3. The highest BCUT2D eigenvalue weighted by Crippen LogP contribution is 2.23. The van der Waals surface area contributed by atoms with Crippen LogP contribution in [0.5, 0.6) is 0 Å². The minimum atomic E-state index is 0.707. The van der Waals surface area contributed by atoms with E-state index in [0.717, 1.165) is 18.7 Å². The molecule has 2 aromatic rings. The molecule has 1 saturated heterocycles. The first-order chi connectivity index (χ1) is 10.2. The lowest BCUT2D eigenvalue weighted by molar-refractivity contribution is 0.234. The topological polar surface area (TPSA) is 34.0 Å². The summed E-state index contributed by atoms with van der Waals surface area (Å²) in [6.07, 6.45) is 11.1. The highest BCUT2D eigenvalue weighted by Gasteiger charge is 2.24. The smallest absolute Gasteiger partial charge is 0.0534 e. The molecule has 0 radical (unpaired) electrons. The van der Waals surface area contributed by atoms with E-state index >= 15 is 0 Å². The van der Waals surface area contributed by atoms with Crippen molar-refractivity contribution in [3.05, 3.63) is 47.5 Å². The molecule has 0 aliphatic carbocycles. The zero-order valence-electron chi connectivity index (χ0n) is 13.0. The first kappa shape index (κ1) is 14.3. The lowest BCUT2D eigenvalue weighted by atomic mass is 10.0. The van der Waals surface area contributed by atoms with Gasteiger partial charge in [-0.25, -0.2) is 0 Å². The number of rotatable bonds is 5. The third-order valence-electron chi connectivity index (χ3n) is 4.37. The molecule has 0 bridgehead atoms. The van der Waals surface area contributed by atoms with Crippen molar-refractivity contribution in [1.29, 1.82) is 0 Å². The van der Waals surface area contributed by atoms with Gasteiger partial charge in [-0.1, -0.05) is 0 Å². The maximum Gasteiger partial charge on any atom is 0.0534 e. The average Bonchev–Trinajstić information content (AvgIpc) is 3.06. The van der Waals surface area contributed by atoms with Crippen LogP contribution in [0.4, 0.5) is 0 Å². The van der Waals surface area contributed by atoms with Crippen LogP contribution in [0.25, 0.3) is 0 Å². The van der Waals surface area contributed by atoms with E-state index < -0.39 is 0 Å². The lowest BCUT2D eigenvalue weighted by Crippen LogP contribution is -2.29. The number of pyridine rings is 1. The van der Waals surface area contributed by atoms with Crippen molar-refractivity contribution in [2.24, 2.45) is 7.05 Å². The van der Waals surface area contributed by atoms with E-state index in [9.17, 15) is 0 Å². The molecule has 2 aromatic heterocycles. The van der Waals surface area contributed by atoms with Crippen molar-refractivity contribution in [2.75, 3.05) is 6.54 Å². The zero-order valence-corrected chi connectivity index (χ0v) is 13.0. The average molecular weight is 284 g/mol. The Balaban J connectivity index is 1.56. The molecule has 0 N–H and O–H groups in total. The largest absolute Gasteiger partial charge is 0.296 e. The molecule has 4 heteroatoms. The fourth-order valence-electron chi connectivity index (χ4n) is 3.31. The molecule has 4 nitrogen and oxygen atoms in total. The van der Waals surface area contributed by atoms with Gasteiger partial charge in [-0.15, -0.1) is 0 Å². The van der Waals surface area contributed by atoms with Gasteiger partial charge in [0.05, 0.1) is 6.20 Å². The van der Waals surface area contributed by atoms with E-state index in [1.54, 1.807) is 0 Å². The van der Waals surface area contributed by atoms with E-state index in [-0.39, 0.29) is 0 Å². The normalized spacial score (nSPS) is 19.2. The first-order valence-corrected chi connectivity index (χ1v) is 7.84. The van der Waals surface area contributed by atoms with Crippen LogP contribution >= 0.6 is 0 Å². The SMILES string of the molecule is Cc1cc(CC[C@@H]2CCCN2Cc2cnn(C)c2)ccn1. The highest BCUT2D eigenvalue weighted by atomic mass is 15.2. The number of hydrogen-bond donors (Lipinski definition) is 0. The molecule has 1 fully saturated rings. The van der Waals surface area contributed by atoms with E-state index in [0.29, 0.717) is 6.04 Å². The van der Waals surface area contributed by atoms with Crippen LogP contribution in [-0.4, -0.2) is 32.3 Å². The first-order valence-electron chi connectivity index (χ1n) is 7.84.